The minimum atomic E-state index is -1.03. The van der Waals surface area contributed by atoms with Crippen molar-refractivity contribution in [2.45, 2.75) is 72.6 Å². The average molecular weight is 492 g/mol. The second-order valence-electron chi connectivity index (χ2n) is 10.3. The molecule has 1 aliphatic heterocycles. The topological polar surface area (TPSA) is 105 Å². The molecule has 4 amide bonds. The summed E-state index contributed by atoms with van der Waals surface area (Å²) in [5.41, 5.74) is -1.08. The lowest BCUT2D eigenvalue weighted by atomic mass is 10.0. The maximum absolute atomic E-state index is 13.4. The van der Waals surface area contributed by atoms with Crippen LogP contribution in [0.25, 0.3) is 0 Å². The van der Waals surface area contributed by atoms with Crippen molar-refractivity contribution in [3.63, 3.8) is 0 Å². The summed E-state index contributed by atoms with van der Waals surface area (Å²) in [6, 6.07) is 4.38. The van der Waals surface area contributed by atoms with Gasteiger partial charge < -0.3 is 14.8 Å². The number of carbonyl (C=O) groups is 4. The number of ether oxygens (including phenoxy) is 2. The van der Waals surface area contributed by atoms with Gasteiger partial charge in [-0.1, -0.05) is 26.0 Å². The summed E-state index contributed by atoms with van der Waals surface area (Å²) in [6.07, 6.45) is 0. The van der Waals surface area contributed by atoms with Crippen molar-refractivity contribution in [2.24, 2.45) is 5.92 Å². The van der Waals surface area contributed by atoms with E-state index in [0.29, 0.717) is 0 Å². The molecule has 0 fully saturated rings. The number of rotatable bonds is 6. The fourth-order valence-corrected chi connectivity index (χ4v) is 3.57. The van der Waals surface area contributed by atoms with E-state index in [1.807, 2.05) is 0 Å². The molecule has 1 atom stereocenters. The number of fused-ring (bicyclic) bond motifs is 1. The molecule has 1 aromatic rings. The van der Waals surface area contributed by atoms with Crippen LogP contribution in [0.1, 0.15) is 76.1 Å². The first-order chi connectivity index (χ1) is 15.5. The molecule has 0 aliphatic carbocycles. The van der Waals surface area contributed by atoms with Gasteiger partial charge >= 0.3 is 12.0 Å². The predicted molar refractivity (Wildman–Crippen MR) is 130 cm³/mol. The van der Waals surface area contributed by atoms with E-state index in [-0.39, 0.29) is 28.6 Å². The van der Waals surface area contributed by atoms with Crippen LogP contribution in [0.4, 0.5) is 4.79 Å². The van der Waals surface area contributed by atoms with Crippen LogP contribution in [0.15, 0.2) is 24.3 Å². The Bertz CT molecular complexity index is 958. The summed E-state index contributed by atoms with van der Waals surface area (Å²) in [4.78, 5) is 52.3. The molecule has 0 bridgehead atoms. The lowest BCUT2D eigenvalue weighted by Gasteiger charge is -2.33. The van der Waals surface area contributed by atoms with Crippen LogP contribution in [0.2, 0.25) is 0 Å². The molecule has 1 unspecified atom stereocenters. The van der Waals surface area contributed by atoms with Crippen molar-refractivity contribution in [2.75, 3.05) is 6.54 Å². The van der Waals surface area contributed by atoms with Gasteiger partial charge in [-0.15, -0.1) is 0 Å². The van der Waals surface area contributed by atoms with Crippen molar-refractivity contribution in [3.05, 3.63) is 35.4 Å². The van der Waals surface area contributed by atoms with E-state index in [1.54, 1.807) is 67.5 Å². The van der Waals surface area contributed by atoms with Crippen LogP contribution in [0.5, 0.6) is 0 Å². The quantitative estimate of drug-likeness (QED) is 0.367. The van der Waals surface area contributed by atoms with E-state index in [1.165, 1.54) is 12.1 Å². The summed E-state index contributed by atoms with van der Waals surface area (Å²) in [7, 11) is 0. The molecule has 0 saturated carbocycles. The molecule has 34 heavy (non-hydrogen) atoms. The maximum atomic E-state index is 13.4. The molecule has 186 valence electrons. The fraction of sp³-hybridized carbons (Fsp3) is 0.542. The molecule has 1 aliphatic rings. The van der Waals surface area contributed by atoms with Gasteiger partial charge in [0.15, 0.2) is 5.05 Å². The Morgan fingerprint density at radius 1 is 0.971 bits per heavy atom. The van der Waals surface area contributed by atoms with E-state index >= 15 is 0 Å². The number of hydrazine groups is 1. The highest BCUT2D eigenvalue weighted by Gasteiger charge is 2.43. The molecule has 1 heterocycles. The zero-order valence-electron chi connectivity index (χ0n) is 20.9. The van der Waals surface area contributed by atoms with Gasteiger partial charge in [0.05, 0.1) is 11.1 Å². The number of nitrogens with one attached hydrogen (secondary N) is 1. The Labute approximate surface area is 205 Å². The van der Waals surface area contributed by atoms with Gasteiger partial charge in [0.2, 0.25) is 0 Å². The van der Waals surface area contributed by atoms with Crippen LogP contribution in [-0.2, 0) is 14.3 Å². The number of carbonyl (C=O) groups excluding carboxylic acids is 4. The van der Waals surface area contributed by atoms with E-state index in [9.17, 15) is 19.2 Å². The zero-order valence-corrected chi connectivity index (χ0v) is 21.7. The highest BCUT2D eigenvalue weighted by Crippen LogP contribution is 2.25. The van der Waals surface area contributed by atoms with Crippen LogP contribution >= 0.6 is 12.2 Å². The average Bonchev–Trinajstić information content (AvgIpc) is 2.92. The zero-order chi connectivity index (χ0) is 26.0. The molecule has 0 saturated heterocycles. The van der Waals surface area contributed by atoms with Crippen molar-refractivity contribution in [3.8, 4) is 0 Å². The number of benzene rings is 1. The van der Waals surface area contributed by atoms with Gasteiger partial charge in [0.25, 0.3) is 11.8 Å². The highest BCUT2D eigenvalue weighted by atomic mass is 32.1. The molecule has 1 aromatic carbocycles. The van der Waals surface area contributed by atoms with Gasteiger partial charge in [0, 0.05) is 0 Å². The first-order valence-electron chi connectivity index (χ1n) is 11.0. The fourth-order valence-electron chi connectivity index (χ4n) is 3.20. The Hall–Kier alpha value is -3.01. The number of hydrogen-bond donors (Lipinski definition) is 1. The van der Waals surface area contributed by atoms with Gasteiger partial charge in [-0.2, -0.15) is 5.01 Å². The lowest BCUT2D eigenvalue weighted by Crippen LogP contribution is -2.59. The minimum Gasteiger partial charge on any atom is -0.480 e. The number of thiocarbonyl (C=S) groups is 1. The van der Waals surface area contributed by atoms with Crippen LogP contribution in [-0.4, -0.2) is 62.7 Å². The van der Waals surface area contributed by atoms with E-state index in [2.05, 4.69) is 5.32 Å². The third kappa shape index (κ3) is 6.75. The van der Waals surface area contributed by atoms with Gasteiger partial charge in [-0.05, 0) is 71.8 Å². The van der Waals surface area contributed by atoms with E-state index < -0.39 is 41.1 Å². The summed E-state index contributed by atoms with van der Waals surface area (Å²) < 4.78 is 11.1. The van der Waals surface area contributed by atoms with Crippen molar-refractivity contribution >= 4 is 41.1 Å². The Morgan fingerprint density at radius 2 is 1.44 bits per heavy atom. The molecule has 0 spiro atoms. The molecule has 0 aromatic heterocycles. The molecule has 10 heteroatoms. The van der Waals surface area contributed by atoms with E-state index in [0.717, 1.165) is 10.0 Å². The van der Waals surface area contributed by atoms with Gasteiger partial charge in [-0.3, -0.25) is 9.59 Å². The summed E-state index contributed by atoms with van der Waals surface area (Å²) in [5, 5.41) is 4.20. The predicted octanol–water partition coefficient (Wildman–Crippen LogP) is 3.72. The van der Waals surface area contributed by atoms with Crippen LogP contribution in [0.3, 0.4) is 0 Å². The number of nitrogens with zero attached hydrogens (tertiary/aromatic N) is 2. The number of esters is 1. The Kier molecular flexibility index (Phi) is 8.08. The largest absolute Gasteiger partial charge is 0.480 e. The third-order valence-corrected chi connectivity index (χ3v) is 4.77. The molecule has 1 N–H and O–H groups in total. The SMILES string of the molecule is CC(C)C(NC(=O)N(CC(=S)OC(C)(C)C)N1C(=O)c2ccccc2C1=O)C(=O)OC(C)(C)C. The number of hydrogen-bond acceptors (Lipinski definition) is 7. The lowest BCUT2D eigenvalue weighted by molar-refractivity contribution is -0.158. The summed E-state index contributed by atoms with van der Waals surface area (Å²) in [5.74, 6) is -2.31. The Balaban J connectivity index is 2.38. The second kappa shape index (κ2) is 10.1. The molecular weight excluding hydrogens is 458 g/mol. The summed E-state index contributed by atoms with van der Waals surface area (Å²) >= 11 is 5.30. The Morgan fingerprint density at radius 3 is 1.85 bits per heavy atom. The maximum Gasteiger partial charge on any atom is 0.337 e. The number of imide groups is 1. The van der Waals surface area contributed by atoms with Crippen LogP contribution < -0.4 is 5.32 Å². The van der Waals surface area contributed by atoms with Crippen molar-refractivity contribution in [1.29, 1.82) is 0 Å². The van der Waals surface area contributed by atoms with Gasteiger partial charge in [0.1, 0.15) is 23.8 Å². The standard InChI is InChI=1S/C24H33N3O6S/c1-14(2)18(21(30)33-24(6,7)8)25-22(31)26(13-17(34)32-23(3,4)5)27-19(28)15-11-9-10-12-16(15)20(27)29/h9-12,14,18H,13H2,1-8H3,(H,25,31). The first kappa shape index (κ1) is 27.2. The normalized spacial score (nSPS) is 14.6. The minimum absolute atomic E-state index is 0.00225. The number of amides is 4. The highest BCUT2D eigenvalue weighted by molar-refractivity contribution is 7.80. The monoisotopic (exact) mass is 491 g/mol. The first-order valence-corrected chi connectivity index (χ1v) is 11.4. The third-order valence-electron chi connectivity index (χ3n) is 4.55. The van der Waals surface area contributed by atoms with Crippen LogP contribution in [0, 0.1) is 5.92 Å². The van der Waals surface area contributed by atoms with E-state index in [4.69, 9.17) is 21.7 Å². The molecule has 2 rings (SSSR count). The number of urea groups is 1. The molecule has 0 radical (unpaired) electrons. The van der Waals surface area contributed by atoms with Crippen molar-refractivity contribution in [1.82, 2.24) is 15.3 Å². The second-order valence-corrected chi connectivity index (χ2v) is 10.8. The summed E-state index contributed by atoms with van der Waals surface area (Å²) in [6.45, 7) is 13.6. The van der Waals surface area contributed by atoms with Crippen molar-refractivity contribution < 1.29 is 28.7 Å². The molecular formula is C24H33N3O6S. The smallest absolute Gasteiger partial charge is 0.337 e. The molecule has 9 nitrogen and oxygen atoms in total. The van der Waals surface area contributed by atoms with Gasteiger partial charge in [-0.25, -0.2) is 14.6 Å².